The van der Waals surface area contributed by atoms with Crippen LogP contribution in [0.25, 0.3) is 0 Å². The van der Waals surface area contributed by atoms with E-state index in [0.717, 1.165) is 11.3 Å². The second-order valence-corrected chi connectivity index (χ2v) is 4.48. The molecule has 5 nitrogen and oxygen atoms in total. The van der Waals surface area contributed by atoms with E-state index in [1.54, 1.807) is 7.05 Å². The summed E-state index contributed by atoms with van der Waals surface area (Å²) in [6, 6.07) is 5.55. The Labute approximate surface area is 106 Å². The molecule has 1 aliphatic rings. The van der Waals surface area contributed by atoms with E-state index in [9.17, 15) is 9.59 Å². The molecule has 0 aliphatic carbocycles. The Kier molecular flexibility index (Phi) is 3.50. The molecule has 0 bridgehead atoms. The molecule has 1 unspecified atom stereocenters. The van der Waals surface area contributed by atoms with E-state index in [1.165, 1.54) is 0 Å². The number of carbonyl (C=O) groups excluding carboxylic acids is 2. The van der Waals surface area contributed by atoms with Crippen molar-refractivity contribution in [1.82, 2.24) is 10.6 Å². The molecule has 1 heterocycles. The van der Waals surface area contributed by atoms with Crippen molar-refractivity contribution in [2.45, 2.75) is 19.4 Å². The van der Waals surface area contributed by atoms with Crippen molar-refractivity contribution < 1.29 is 9.59 Å². The molecule has 0 radical (unpaired) electrons. The van der Waals surface area contributed by atoms with Gasteiger partial charge in [0.2, 0.25) is 5.91 Å². The smallest absolute Gasteiger partial charge is 0.253 e. The Balaban J connectivity index is 2.13. The van der Waals surface area contributed by atoms with Crippen molar-refractivity contribution in [3.05, 3.63) is 29.3 Å². The average Bonchev–Trinajstić information content (AvgIpc) is 2.74. The zero-order chi connectivity index (χ0) is 13.1. The summed E-state index contributed by atoms with van der Waals surface area (Å²) in [4.78, 5) is 23.2. The third-order valence-corrected chi connectivity index (χ3v) is 3.00. The van der Waals surface area contributed by atoms with Gasteiger partial charge in [-0.15, -0.1) is 0 Å². The van der Waals surface area contributed by atoms with Crippen LogP contribution in [0.3, 0.4) is 0 Å². The molecule has 1 aliphatic heterocycles. The fraction of sp³-hybridized carbons (Fsp3) is 0.385. The summed E-state index contributed by atoms with van der Waals surface area (Å²) in [5.74, 6) is -0.164. The molecule has 96 valence electrons. The fourth-order valence-electron chi connectivity index (χ4n) is 2.03. The second kappa shape index (κ2) is 5.08. The lowest BCUT2D eigenvalue weighted by Gasteiger charge is -2.13. The van der Waals surface area contributed by atoms with E-state index in [4.69, 9.17) is 0 Å². The molecule has 2 rings (SSSR count). The minimum Gasteiger partial charge on any atom is -0.387 e. The highest BCUT2D eigenvalue weighted by atomic mass is 16.2. The fourth-order valence-corrected chi connectivity index (χ4v) is 2.03. The van der Waals surface area contributed by atoms with Crippen LogP contribution < -0.4 is 16.0 Å². The van der Waals surface area contributed by atoms with E-state index < -0.39 is 0 Å². The largest absolute Gasteiger partial charge is 0.387 e. The third kappa shape index (κ3) is 2.61. The second-order valence-electron chi connectivity index (χ2n) is 4.48. The van der Waals surface area contributed by atoms with Gasteiger partial charge >= 0.3 is 0 Å². The average molecular weight is 247 g/mol. The lowest BCUT2D eigenvalue weighted by Crippen LogP contribution is -2.36. The van der Waals surface area contributed by atoms with Crippen LogP contribution in [0.5, 0.6) is 0 Å². The minimum absolute atomic E-state index is 0.0154. The van der Waals surface area contributed by atoms with Crippen molar-refractivity contribution in [2.75, 3.05) is 18.9 Å². The van der Waals surface area contributed by atoms with E-state index in [-0.39, 0.29) is 17.9 Å². The summed E-state index contributed by atoms with van der Waals surface area (Å²) in [5.41, 5.74) is 2.42. The molecule has 0 saturated carbocycles. The van der Waals surface area contributed by atoms with Crippen molar-refractivity contribution >= 4 is 17.5 Å². The maximum absolute atomic E-state index is 12.1. The Bertz CT molecular complexity index is 485. The van der Waals surface area contributed by atoms with Crippen molar-refractivity contribution in [2.24, 2.45) is 0 Å². The Morgan fingerprint density at radius 3 is 2.83 bits per heavy atom. The van der Waals surface area contributed by atoms with Crippen LogP contribution in [0, 0.1) is 6.92 Å². The number of anilines is 1. The van der Waals surface area contributed by atoms with Gasteiger partial charge in [0.1, 0.15) is 0 Å². The number of benzene rings is 1. The van der Waals surface area contributed by atoms with E-state index in [1.807, 2.05) is 25.1 Å². The van der Waals surface area contributed by atoms with E-state index >= 15 is 0 Å². The van der Waals surface area contributed by atoms with Crippen LogP contribution in [0.1, 0.15) is 22.3 Å². The third-order valence-electron chi connectivity index (χ3n) is 3.00. The van der Waals surface area contributed by atoms with Crippen LogP contribution >= 0.6 is 0 Å². The van der Waals surface area contributed by atoms with Gasteiger partial charge in [-0.3, -0.25) is 9.59 Å². The summed E-state index contributed by atoms with van der Waals surface area (Å²) in [6.07, 6.45) is 0.354. The van der Waals surface area contributed by atoms with Crippen molar-refractivity contribution in [3.8, 4) is 0 Å². The first kappa shape index (κ1) is 12.4. The highest BCUT2D eigenvalue weighted by Gasteiger charge is 2.24. The van der Waals surface area contributed by atoms with Crippen molar-refractivity contribution in [3.63, 3.8) is 0 Å². The highest BCUT2D eigenvalue weighted by Crippen LogP contribution is 2.17. The van der Waals surface area contributed by atoms with Gasteiger partial charge in [0, 0.05) is 25.7 Å². The Morgan fingerprint density at radius 1 is 1.44 bits per heavy atom. The number of carbonyl (C=O) groups is 2. The van der Waals surface area contributed by atoms with Crippen LogP contribution in [0.2, 0.25) is 0 Å². The molecule has 18 heavy (non-hydrogen) atoms. The van der Waals surface area contributed by atoms with Crippen LogP contribution in [-0.2, 0) is 4.79 Å². The summed E-state index contributed by atoms with van der Waals surface area (Å²) >= 11 is 0. The van der Waals surface area contributed by atoms with Crippen LogP contribution in [0.4, 0.5) is 5.69 Å². The van der Waals surface area contributed by atoms with Gasteiger partial charge in [0.25, 0.3) is 5.91 Å². The first-order valence-corrected chi connectivity index (χ1v) is 5.96. The summed E-state index contributed by atoms with van der Waals surface area (Å²) in [5, 5.41) is 8.56. The van der Waals surface area contributed by atoms with Gasteiger partial charge < -0.3 is 16.0 Å². The molecule has 1 aromatic carbocycles. The molecule has 0 aromatic heterocycles. The van der Waals surface area contributed by atoms with Crippen molar-refractivity contribution in [1.29, 1.82) is 0 Å². The van der Waals surface area contributed by atoms with Crippen LogP contribution in [0.15, 0.2) is 18.2 Å². The summed E-state index contributed by atoms with van der Waals surface area (Å²) < 4.78 is 0. The van der Waals surface area contributed by atoms with Gasteiger partial charge in [-0.05, 0) is 19.1 Å². The molecule has 0 spiro atoms. The zero-order valence-electron chi connectivity index (χ0n) is 10.5. The van der Waals surface area contributed by atoms with Crippen LogP contribution in [-0.4, -0.2) is 31.4 Å². The Morgan fingerprint density at radius 2 is 2.22 bits per heavy atom. The first-order chi connectivity index (χ1) is 8.60. The van der Waals surface area contributed by atoms with E-state index in [2.05, 4.69) is 16.0 Å². The zero-order valence-corrected chi connectivity index (χ0v) is 10.5. The predicted octanol–water partition coefficient (Wildman–Crippen LogP) is 0.655. The number of hydrogen-bond donors (Lipinski definition) is 3. The molecule has 1 saturated heterocycles. The molecular weight excluding hydrogens is 230 g/mol. The molecule has 1 fully saturated rings. The van der Waals surface area contributed by atoms with Gasteiger partial charge in [0.05, 0.1) is 11.6 Å². The van der Waals surface area contributed by atoms with Gasteiger partial charge in [0.15, 0.2) is 0 Å². The summed E-state index contributed by atoms with van der Waals surface area (Å²) in [7, 11) is 1.78. The standard InChI is InChI=1S/C13H17N3O2/c1-8-3-4-11(14-2)10(5-8)13(18)16-9-6-12(17)15-7-9/h3-5,9,14H,6-7H2,1-2H3,(H,15,17)(H,16,18). The molecule has 5 heteroatoms. The number of aryl methyl sites for hydroxylation is 1. The SMILES string of the molecule is CNc1ccc(C)cc1C(=O)NC1CNC(=O)C1. The normalized spacial score (nSPS) is 18.3. The topological polar surface area (TPSA) is 70.2 Å². The lowest BCUT2D eigenvalue weighted by molar-refractivity contribution is -0.119. The first-order valence-electron chi connectivity index (χ1n) is 5.96. The number of rotatable bonds is 3. The monoisotopic (exact) mass is 247 g/mol. The maximum atomic E-state index is 12.1. The molecule has 3 N–H and O–H groups in total. The number of amides is 2. The minimum atomic E-state index is -0.149. The molecule has 1 aromatic rings. The number of hydrogen-bond acceptors (Lipinski definition) is 3. The molecule has 2 amide bonds. The molecule has 1 atom stereocenters. The Hall–Kier alpha value is -2.04. The number of nitrogens with one attached hydrogen (secondary N) is 3. The lowest BCUT2D eigenvalue weighted by atomic mass is 10.1. The maximum Gasteiger partial charge on any atom is 0.253 e. The summed E-state index contributed by atoms with van der Waals surface area (Å²) in [6.45, 7) is 2.45. The van der Waals surface area contributed by atoms with Gasteiger partial charge in [-0.25, -0.2) is 0 Å². The highest BCUT2D eigenvalue weighted by molar-refractivity contribution is 6.00. The quantitative estimate of drug-likeness (QED) is 0.734. The van der Waals surface area contributed by atoms with Gasteiger partial charge in [-0.2, -0.15) is 0 Å². The van der Waals surface area contributed by atoms with E-state index in [0.29, 0.717) is 18.5 Å². The van der Waals surface area contributed by atoms with Gasteiger partial charge in [-0.1, -0.05) is 11.6 Å². The predicted molar refractivity (Wildman–Crippen MR) is 69.6 cm³/mol. The molecular formula is C13H17N3O2.